The highest BCUT2D eigenvalue weighted by Gasteiger charge is 2.31. The van der Waals surface area contributed by atoms with Gasteiger partial charge < -0.3 is 10.1 Å². The van der Waals surface area contributed by atoms with Crippen molar-refractivity contribution in [3.8, 4) is 5.75 Å². The lowest BCUT2D eigenvalue weighted by molar-refractivity contribution is -0.137. The van der Waals surface area contributed by atoms with Crippen LogP contribution in [0, 0.1) is 0 Å². The number of amides is 2. The lowest BCUT2D eigenvalue weighted by Crippen LogP contribution is -2.32. The number of carbonyl (C=O) groups excluding carboxylic acids is 1. The van der Waals surface area contributed by atoms with Crippen molar-refractivity contribution in [2.45, 2.75) is 11.1 Å². The van der Waals surface area contributed by atoms with Crippen molar-refractivity contribution in [1.82, 2.24) is 0 Å². The number of hydrogen-bond acceptors (Lipinski definition) is 3. The normalized spacial score (nSPS) is 14.3. The van der Waals surface area contributed by atoms with Crippen molar-refractivity contribution in [3.05, 3.63) is 48.0 Å². The van der Waals surface area contributed by atoms with Gasteiger partial charge in [-0.3, -0.25) is 0 Å². The Morgan fingerprint density at radius 3 is 2.43 bits per heavy atom. The fourth-order valence-electron chi connectivity index (χ4n) is 2.07. The Labute approximate surface area is 134 Å². The van der Waals surface area contributed by atoms with E-state index < -0.39 is 17.8 Å². The number of anilines is 2. The van der Waals surface area contributed by atoms with E-state index in [1.807, 2.05) is 0 Å². The number of ether oxygens (including phenoxy) is 1. The van der Waals surface area contributed by atoms with E-state index in [0.717, 1.165) is 29.0 Å². The third kappa shape index (κ3) is 3.07. The van der Waals surface area contributed by atoms with Gasteiger partial charge in [-0.1, -0.05) is 0 Å². The number of hydrogen-bond donors (Lipinski definition) is 1. The summed E-state index contributed by atoms with van der Waals surface area (Å²) in [6, 6.07) is 9.21. The van der Waals surface area contributed by atoms with Crippen molar-refractivity contribution >= 4 is 29.4 Å². The van der Waals surface area contributed by atoms with Crippen molar-refractivity contribution in [2.75, 3.05) is 16.7 Å². The molecule has 0 fully saturated rings. The standard InChI is InChI=1S/C15H11F3N2O2S/c1-22-11-6-7-13-12(8-11)19-14(21)20(23-13)10-4-2-9(3-5-10)15(16,17)18/h2-8H,1H3,(H,19,21). The average Bonchev–Trinajstić information content (AvgIpc) is 2.53. The Hall–Kier alpha value is -2.35. The second kappa shape index (κ2) is 5.69. The summed E-state index contributed by atoms with van der Waals surface area (Å²) in [5, 5.41) is 2.69. The van der Waals surface area contributed by atoms with E-state index in [4.69, 9.17) is 4.74 Å². The molecule has 1 aliphatic rings. The molecule has 0 unspecified atom stereocenters. The number of nitrogens with zero attached hydrogens (tertiary/aromatic N) is 1. The molecular weight excluding hydrogens is 329 g/mol. The Bertz CT molecular complexity index is 747. The molecule has 0 atom stereocenters. The van der Waals surface area contributed by atoms with E-state index >= 15 is 0 Å². The molecule has 0 bridgehead atoms. The van der Waals surface area contributed by atoms with E-state index in [1.165, 1.54) is 23.5 Å². The van der Waals surface area contributed by atoms with Gasteiger partial charge in [0.1, 0.15) is 5.75 Å². The lowest BCUT2D eigenvalue weighted by Gasteiger charge is -2.28. The van der Waals surface area contributed by atoms with E-state index in [1.54, 1.807) is 18.2 Å². The molecule has 1 N–H and O–H groups in total. The first-order valence-corrected chi connectivity index (χ1v) is 7.30. The van der Waals surface area contributed by atoms with Crippen molar-refractivity contribution in [3.63, 3.8) is 0 Å². The zero-order valence-corrected chi connectivity index (χ0v) is 12.7. The molecule has 0 aromatic heterocycles. The summed E-state index contributed by atoms with van der Waals surface area (Å²) in [5.41, 5.74) is 0.207. The molecule has 1 heterocycles. The van der Waals surface area contributed by atoms with Crippen LogP contribution in [0.4, 0.5) is 29.3 Å². The Morgan fingerprint density at radius 2 is 1.83 bits per heavy atom. The van der Waals surface area contributed by atoms with Gasteiger partial charge in [-0.05, 0) is 48.3 Å². The minimum atomic E-state index is -4.40. The second-order valence-electron chi connectivity index (χ2n) is 4.72. The van der Waals surface area contributed by atoms with Crippen molar-refractivity contribution in [1.29, 1.82) is 0 Å². The number of fused-ring (bicyclic) bond motifs is 1. The third-order valence-electron chi connectivity index (χ3n) is 3.23. The number of nitrogens with one attached hydrogen (secondary N) is 1. The van der Waals surface area contributed by atoms with Crippen LogP contribution >= 0.6 is 11.9 Å². The molecule has 0 saturated carbocycles. The maximum absolute atomic E-state index is 12.6. The molecule has 0 saturated heterocycles. The highest BCUT2D eigenvalue weighted by molar-refractivity contribution is 8.01. The van der Waals surface area contributed by atoms with Gasteiger partial charge in [0.25, 0.3) is 0 Å². The molecule has 8 heteroatoms. The maximum atomic E-state index is 12.6. The molecule has 2 aromatic rings. The summed E-state index contributed by atoms with van der Waals surface area (Å²) in [6.07, 6.45) is -4.40. The Morgan fingerprint density at radius 1 is 1.13 bits per heavy atom. The summed E-state index contributed by atoms with van der Waals surface area (Å²) in [7, 11) is 1.52. The molecule has 2 aromatic carbocycles. The smallest absolute Gasteiger partial charge is 0.416 e. The number of rotatable bonds is 2. The van der Waals surface area contributed by atoms with Crippen LogP contribution in [0.5, 0.6) is 5.75 Å². The quantitative estimate of drug-likeness (QED) is 0.801. The van der Waals surface area contributed by atoms with Crippen LogP contribution in [-0.2, 0) is 6.18 Å². The van der Waals surface area contributed by atoms with Gasteiger partial charge in [0.2, 0.25) is 0 Å². The predicted octanol–water partition coefficient (Wildman–Crippen LogP) is 4.77. The van der Waals surface area contributed by atoms with Crippen LogP contribution in [0.15, 0.2) is 47.4 Å². The van der Waals surface area contributed by atoms with Gasteiger partial charge >= 0.3 is 12.2 Å². The number of alkyl halides is 3. The average molecular weight is 340 g/mol. The number of halogens is 3. The first kappa shape index (κ1) is 15.5. The molecule has 0 aliphatic carbocycles. The van der Waals surface area contributed by atoms with E-state index in [2.05, 4.69) is 5.32 Å². The monoisotopic (exact) mass is 340 g/mol. The molecule has 4 nitrogen and oxygen atoms in total. The maximum Gasteiger partial charge on any atom is 0.416 e. The van der Waals surface area contributed by atoms with Gasteiger partial charge in [0.05, 0.1) is 28.9 Å². The predicted molar refractivity (Wildman–Crippen MR) is 81.8 cm³/mol. The van der Waals surface area contributed by atoms with E-state index in [-0.39, 0.29) is 0 Å². The zero-order chi connectivity index (χ0) is 16.6. The number of benzene rings is 2. The second-order valence-corrected chi connectivity index (χ2v) is 5.71. The number of methoxy groups -OCH3 is 1. The first-order valence-electron chi connectivity index (χ1n) is 6.53. The summed E-state index contributed by atoms with van der Waals surface area (Å²) in [5.74, 6) is 0.604. The van der Waals surface area contributed by atoms with Crippen LogP contribution in [0.2, 0.25) is 0 Å². The fraction of sp³-hybridized carbons (Fsp3) is 0.133. The number of urea groups is 1. The molecular formula is C15H11F3N2O2S. The van der Waals surface area contributed by atoms with E-state index in [0.29, 0.717) is 17.1 Å². The van der Waals surface area contributed by atoms with Crippen LogP contribution in [0.25, 0.3) is 0 Å². The third-order valence-corrected chi connectivity index (χ3v) is 4.34. The molecule has 120 valence electrons. The van der Waals surface area contributed by atoms with Crippen LogP contribution < -0.4 is 14.4 Å². The van der Waals surface area contributed by atoms with Crippen molar-refractivity contribution in [2.24, 2.45) is 0 Å². The molecule has 0 spiro atoms. The molecule has 0 radical (unpaired) electrons. The minimum absolute atomic E-state index is 0.363. The summed E-state index contributed by atoms with van der Waals surface area (Å²) in [6.45, 7) is 0. The summed E-state index contributed by atoms with van der Waals surface area (Å²) >= 11 is 1.14. The van der Waals surface area contributed by atoms with Gasteiger partial charge in [-0.15, -0.1) is 0 Å². The van der Waals surface area contributed by atoms with Gasteiger partial charge in [0, 0.05) is 6.07 Å². The SMILES string of the molecule is COc1ccc2c(c1)NC(=O)N(c1ccc(C(F)(F)F)cc1)S2. The summed E-state index contributed by atoms with van der Waals surface area (Å²) in [4.78, 5) is 12.9. The number of carbonyl (C=O) groups is 1. The highest BCUT2D eigenvalue weighted by atomic mass is 32.2. The zero-order valence-electron chi connectivity index (χ0n) is 11.8. The van der Waals surface area contributed by atoms with Crippen molar-refractivity contribution < 1.29 is 22.7 Å². The molecule has 2 amide bonds. The van der Waals surface area contributed by atoms with Crippen LogP contribution in [-0.4, -0.2) is 13.1 Å². The van der Waals surface area contributed by atoms with E-state index in [9.17, 15) is 18.0 Å². The lowest BCUT2D eigenvalue weighted by atomic mass is 10.2. The first-order chi connectivity index (χ1) is 10.9. The van der Waals surface area contributed by atoms with Crippen LogP contribution in [0.1, 0.15) is 5.56 Å². The topological polar surface area (TPSA) is 41.6 Å². The highest BCUT2D eigenvalue weighted by Crippen LogP contribution is 2.40. The van der Waals surface area contributed by atoms with Crippen LogP contribution in [0.3, 0.4) is 0 Å². The Balaban J connectivity index is 1.88. The fourth-order valence-corrected chi connectivity index (χ4v) is 2.96. The largest absolute Gasteiger partial charge is 0.497 e. The minimum Gasteiger partial charge on any atom is -0.497 e. The van der Waals surface area contributed by atoms with Gasteiger partial charge in [-0.2, -0.15) is 13.2 Å². The van der Waals surface area contributed by atoms with Gasteiger partial charge in [0.15, 0.2) is 0 Å². The molecule has 1 aliphatic heterocycles. The molecule has 23 heavy (non-hydrogen) atoms. The van der Waals surface area contributed by atoms with Gasteiger partial charge in [-0.25, -0.2) is 9.10 Å². The molecule has 3 rings (SSSR count). The summed E-state index contributed by atoms with van der Waals surface area (Å²) < 4.78 is 44.2. The Kier molecular flexibility index (Phi) is 3.85.